The Kier molecular flexibility index (Phi) is 11.8. The molecule has 0 radical (unpaired) electrons. The van der Waals surface area contributed by atoms with Gasteiger partial charge in [-0.05, 0) is 38.0 Å². The van der Waals surface area contributed by atoms with Gasteiger partial charge in [0.25, 0.3) is 5.91 Å². The molecule has 0 fully saturated rings. The number of nitrogens with zero attached hydrogens (tertiary/aromatic N) is 2. The molecule has 0 saturated heterocycles. The summed E-state index contributed by atoms with van der Waals surface area (Å²) in [5.74, 6) is 0.740. The first-order chi connectivity index (χ1) is 13.5. The smallest absolute Gasteiger partial charge is 0.251 e. The van der Waals surface area contributed by atoms with Crippen LogP contribution in [0.5, 0.6) is 0 Å². The summed E-state index contributed by atoms with van der Waals surface area (Å²) in [5, 5.41) is 10.7. The summed E-state index contributed by atoms with van der Waals surface area (Å²) in [6, 6.07) is 7.66. The van der Waals surface area contributed by atoms with Gasteiger partial charge in [-0.2, -0.15) is 0 Å². The number of amides is 1. The molecule has 0 bridgehead atoms. The Morgan fingerprint density at radius 1 is 1.10 bits per heavy atom. The predicted octanol–water partition coefficient (Wildman–Crippen LogP) is 3.82. The van der Waals surface area contributed by atoms with E-state index in [1.807, 2.05) is 31.2 Å². The number of rotatable bonds is 9. The van der Waals surface area contributed by atoms with Crippen LogP contribution in [-0.2, 0) is 13.0 Å². The minimum absolute atomic E-state index is 0. The molecule has 1 aromatic carbocycles. The van der Waals surface area contributed by atoms with Gasteiger partial charge in [0.05, 0.1) is 10.7 Å². The number of aryl methyl sites for hydroxylation is 2. The average Bonchev–Trinajstić information content (AvgIpc) is 3.02. The van der Waals surface area contributed by atoms with Crippen LogP contribution in [0.1, 0.15) is 51.3 Å². The summed E-state index contributed by atoms with van der Waals surface area (Å²) in [4.78, 5) is 22.1. The lowest BCUT2D eigenvalue weighted by molar-refractivity contribution is 0.0953. The largest absolute Gasteiger partial charge is 0.356 e. The molecule has 1 amide bonds. The normalized spacial score (nSPS) is 11.0. The third-order valence-corrected chi connectivity index (χ3v) is 5.55. The number of guanidine groups is 1. The van der Waals surface area contributed by atoms with Crippen LogP contribution in [0.4, 0.5) is 0 Å². The summed E-state index contributed by atoms with van der Waals surface area (Å²) < 4.78 is 0. The zero-order chi connectivity index (χ0) is 20.4. The molecule has 6 nitrogen and oxygen atoms in total. The molecule has 29 heavy (non-hydrogen) atoms. The van der Waals surface area contributed by atoms with E-state index >= 15 is 0 Å². The molecule has 160 valence electrons. The fraction of sp³-hybridized carbons (Fsp3) is 0.476. The van der Waals surface area contributed by atoms with E-state index in [0.717, 1.165) is 54.6 Å². The molecule has 8 heteroatoms. The lowest BCUT2D eigenvalue weighted by atomic mass is 10.1. The Balaban J connectivity index is 0.00000420. The quantitative estimate of drug-likeness (QED) is 0.200. The van der Waals surface area contributed by atoms with E-state index in [0.29, 0.717) is 12.1 Å². The van der Waals surface area contributed by atoms with Crippen LogP contribution in [0.15, 0.2) is 29.3 Å². The maximum Gasteiger partial charge on any atom is 0.251 e. The van der Waals surface area contributed by atoms with Crippen molar-refractivity contribution in [1.29, 1.82) is 0 Å². The fourth-order valence-corrected chi connectivity index (χ4v) is 3.53. The highest BCUT2D eigenvalue weighted by Crippen LogP contribution is 2.16. The van der Waals surface area contributed by atoms with Gasteiger partial charge in [-0.1, -0.05) is 25.5 Å². The van der Waals surface area contributed by atoms with E-state index in [2.05, 4.69) is 39.8 Å². The van der Waals surface area contributed by atoms with E-state index in [9.17, 15) is 4.79 Å². The number of carbonyl (C=O) groups is 1. The number of aromatic nitrogens is 1. The predicted molar refractivity (Wildman–Crippen MR) is 133 cm³/mol. The molecule has 1 aromatic heterocycles. The molecule has 1 heterocycles. The Morgan fingerprint density at radius 2 is 1.83 bits per heavy atom. The van der Waals surface area contributed by atoms with Crippen molar-refractivity contribution in [2.45, 2.75) is 46.6 Å². The standard InChI is InChI=1S/C21H31N5OS.HI/c1-5-6-12-23-20(27)18-9-7-17(8-10-18)14-25-21(22-4)24-13-11-19-26-15(2)16(3)28-19;/h7-10H,5-6,11-14H2,1-4H3,(H,23,27)(H2,22,24,25);1H. The molecule has 0 saturated carbocycles. The van der Waals surface area contributed by atoms with Crippen molar-refractivity contribution in [3.05, 3.63) is 51.0 Å². The van der Waals surface area contributed by atoms with Crippen molar-refractivity contribution < 1.29 is 4.79 Å². The molecule has 3 N–H and O–H groups in total. The monoisotopic (exact) mass is 529 g/mol. The van der Waals surface area contributed by atoms with Crippen LogP contribution in [0.2, 0.25) is 0 Å². The molecule has 0 unspecified atom stereocenters. The van der Waals surface area contributed by atoms with Gasteiger partial charge in [-0.15, -0.1) is 35.3 Å². The second-order valence-corrected chi connectivity index (χ2v) is 7.95. The highest BCUT2D eigenvalue weighted by molar-refractivity contribution is 14.0. The van der Waals surface area contributed by atoms with Crippen molar-refractivity contribution in [3.63, 3.8) is 0 Å². The van der Waals surface area contributed by atoms with Gasteiger partial charge < -0.3 is 16.0 Å². The molecule has 0 spiro atoms. The number of hydrogen-bond acceptors (Lipinski definition) is 4. The number of aliphatic imine (C=N–C) groups is 1. The molecular weight excluding hydrogens is 497 g/mol. The lowest BCUT2D eigenvalue weighted by Gasteiger charge is -2.12. The third-order valence-electron chi connectivity index (χ3n) is 4.42. The van der Waals surface area contributed by atoms with E-state index in [4.69, 9.17) is 0 Å². The summed E-state index contributed by atoms with van der Waals surface area (Å²) in [6.07, 6.45) is 2.95. The number of carbonyl (C=O) groups excluding carboxylic acids is 1. The number of unbranched alkanes of at least 4 members (excludes halogenated alkanes) is 1. The van der Waals surface area contributed by atoms with E-state index in [1.165, 1.54) is 4.88 Å². The van der Waals surface area contributed by atoms with E-state index < -0.39 is 0 Å². The summed E-state index contributed by atoms with van der Waals surface area (Å²) in [6.45, 7) is 8.40. The second-order valence-electron chi connectivity index (χ2n) is 6.66. The zero-order valence-electron chi connectivity index (χ0n) is 17.7. The zero-order valence-corrected chi connectivity index (χ0v) is 20.8. The second kappa shape index (κ2) is 13.5. The first kappa shape index (κ1) is 25.4. The molecule has 2 aromatic rings. The van der Waals surface area contributed by atoms with Crippen LogP contribution >= 0.6 is 35.3 Å². The van der Waals surface area contributed by atoms with Gasteiger partial charge >= 0.3 is 0 Å². The number of halogens is 1. The van der Waals surface area contributed by atoms with Crippen molar-refractivity contribution in [2.75, 3.05) is 20.1 Å². The fourth-order valence-electron chi connectivity index (χ4n) is 2.60. The SMILES string of the molecule is CCCCNC(=O)c1ccc(CNC(=NC)NCCc2nc(C)c(C)s2)cc1.I. The minimum atomic E-state index is -0.0157. The van der Waals surface area contributed by atoms with Gasteiger partial charge in [0, 0.05) is 43.5 Å². The average molecular weight is 529 g/mol. The molecule has 0 atom stereocenters. The molecule has 0 aliphatic heterocycles. The number of thiazole rings is 1. The minimum Gasteiger partial charge on any atom is -0.356 e. The maximum atomic E-state index is 12.0. The Labute approximate surface area is 195 Å². The summed E-state index contributed by atoms with van der Waals surface area (Å²) in [5.41, 5.74) is 2.90. The van der Waals surface area contributed by atoms with Crippen LogP contribution in [-0.4, -0.2) is 37.0 Å². The first-order valence-corrected chi connectivity index (χ1v) is 10.6. The van der Waals surface area contributed by atoms with Crippen LogP contribution < -0.4 is 16.0 Å². The van der Waals surface area contributed by atoms with Gasteiger partial charge in [-0.25, -0.2) is 4.98 Å². The Bertz CT molecular complexity index is 769. The van der Waals surface area contributed by atoms with Gasteiger partial charge in [0.15, 0.2) is 5.96 Å². The van der Waals surface area contributed by atoms with Gasteiger partial charge in [-0.3, -0.25) is 9.79 Å². The highest BCUT2D eigenvalue weighted by Gasteiger charge is 2.06. The third kappa shape index (κ3) is 8.69. The molecular formula is C21H32IN5OS. The van der Waals surface area contributed by atoms with Gasteiger partial charge in [0.2, 0.25) is 0 Å². The highest BCUT2D eigenvalue weighted by atomic mass is 127. The van der Waals surface area contributed by atoms with E-state index in [1.54, 1.807) is 18.4 Å². The summed E-state index contributed by atoms with van der Waals surface area (Å²) in [7, 11) is 1.76. The van der Waals surface area contributed by atoms with Crippen molar-refractivity contribution in [2.24, 2.45) is 4.99 Å². The number of hydrogen-bond donors (Lipinski definition) is 3. The van der Waals surface area contributed by atoms with Crippen LogP contribution in [0.3, 0.4) is 0 Å². The van der Waals surface area contributed by atoms with Crippen molar-refractivity contribution >= 4 is 47.2 Å². The Hall–Kier alpha value is -1.68. The molecule has 2 rings (SSSR count). The molecule has 0 aliphatic carbocycles. The topological polar surface area (TPSA) is 78.4 Å². The van der Waals surface area contributed by atoms with Crippen LogP contribution in [0, 0.1) is 13.8 Å². The molecule has 0 aliphatic rings. The van der Waals surface area contributed by atoms with Crippen molar-refractivity contribution in [1.82, 2.24) is 20.9 Å². The lowest BCUT2D eigenvalue weighted by Crippen LogP contribution is -2.37. The number of nitrogens with one attached hydrogen (secondary N) is 3. The van der Waals surface area contributed by atoms with Crippen molar-refractivity contribution in [3.8, 4) is 0 Å². The van der Waals surface area contributed by atoms with Gasteiger partial charge in [0.1, 0.15) is 0 Å². The summed E-state index contributed by atoms with van der Waals surface area (Å²) >= 11 is 1.75. The number of benzene rings is 1. The van der Waals surface area contributed by atoms with E-state index in [-0.39, 0.29) is 29.9 Å². The maximum absolute atomic E-state index is 12.0. The first-order valence-electron chi connectivity index (χ1n) is 9.78. The van der Waals surface area contributed by atoms with Crippen LogP contribution in [0.25, 0.3) is 0 Å². The Morgan fingerprint density at radius 3 is 2.41 bits per heavy atom.